The van der Waals surface area contributed by atoms with Crippen LogP contribution in [0.4, 0.5) is 4.79 Å². The van der Waals surface area contributed by atoms with Crippen LogP contribution >= 0.6 is 0 Å². The Bertz CT molecular complexity index is 239. The number of methoxy groups -OCH3 is 1. The maximum Gasteiger partial charge on any atom is 0.328 e. The van der Waals surface area contributed by atoms with E-state index in [1.165, 1.54) is 7.11 Å². The minimum atomic E-state index is -0.580. The predicted molar refractivity (Wildman–Crippen MR) is 62.1 cm³/mol. The number of nitrogens with one attached hydrogen (secondary N) is 2. The second-order valence-corrected chi connectivity index (χ2v) is 4.48. The fraction of sp³-hybridized carbons (Fsp3) is 0.818. The van der Waals surface area contributed by atoms with Crippen molar-refractivity contribution >= 4 is 12.0 Å². The largest absolute Gasteiger partial charge is 0.467 e. The van der Waals surface area contributed by atoms with Crippen LogP contribution in [-0.2, 0) is 9.53 Å². The highest BCUT2D eigenvalue weighted by Crippen LogP contribution is 2.06. The number of carbonyl (C=O) groups excluding carboxylic acids is 2. The highest BCUT2D eigenvalue weighted by atomic mass is 16.5. The summed E-state index contributed by atoms with van der Waals surface area (Å²) in [4.78, 5) is 22.8. The summed E-state index contributed by atoms with van der Waals surface area (Å²) in [6, 6.07) is -0.882. The zero-order chi connectivity index (χ0) is 12.7. The maximum atomic E-state index is 11.4. The van der Waals surface area contributed by atoms with Crippen LogP contribution in [-0.4, -0.2) is 31.2 Å². The minimum Gasteiger partial charge on any atom is -0.467 e. The van der Waals surface area contributed by atoms with Gasteiger partial charge in [0.05, 0.1) is 7.11 Å². The molecule has 0 radical (unpaired) electrons. The molecular weight excluding hydrogens is 208 g/mol. The number of hydrogen-bond acceptors (Lipinski definition) is 3. The Balaban J connectivity index is 4.31. The van der Waals surface area contributed by atoms with E-state index in [2.05, 4.69) is 15.4 Å². The fourth-order valence-electron chi connectivity index (χ4n) is 1.29. The summed E-state index contributed by atoms with van der Waals surface area (Å²) in [5.41, 5.74) is 0. The zero-order valence-electron chi connectivity index (χ0n) is 10.7. The molecular formula is C11H22N2O3. The van der Waals surface area contributed by atoms with Crippen LogP contribution in [0.25, 0.3) is 0 Å². The van der Waals surface area contributed by atoms with Gasteiger partial charge in [-0.15, -0.1) is 0 Å². The SMILES string of the molecule is COC(=O)[C@H](CC(C)C)NC(=O)NC(C)C. The topological polar surface area (TPSA) is 67.4 Å². The van der Waals surface area contributed by atoms with Crippen molar-refractivity contribution in [2.75, 3.05) is 7.11 Å². The van der Waals surface area contributed by atoms with Crippen LogP contribution in [0.15, 0.2) is 0 Å². The molecule has 0 aliphatic carbocycles. The molecule has 16 heavy (non-hydrogen) atoms. The zero-order valence-corrected chi connectivity index (χ0v) is 10.7. The number of hydrogen-bond donors (Lipinski definition) is 2. The van der Waals surface area contributed by atoms with Crippen molar-refractivity contribution in [3.05, 3.63) is 0 Å². The van der Waals surface area contributed by atoms with Crippen molar-refractivity contribution in [1.82, 2.24) is 10.6 Å². The quantitative estimate of drug-likeness (QED) is 0.699. The van der Waals surface area contributed by atoms with Crippen LogP contribution in [0.3, 0.4) is 0 Å². The van der Waals surface area contributed by atoms with Crippen molar-refractivity contribution in [2.24, 2.45) is 5.92 Å². The summed E-state index contributed by atoms with van der Waals surface area (Å²) in [7, 11) is 1.32. The summed E-state index contributed by atoms with van der Waals surface area (Å²) in [6.45, 7) is 7.68. The lowest BCUT2D eigenvalue weighted by Crippen LogP contribution is -2.48. The van der Waals surface area contributed by atoms with E-state index >= 15 is 0 Å². The van der Waals surface area contributed by atoms with Crippen molar-refractivity contribution in [3.8, 4) is 0 Å². The molecule has 5 heteroatoms. The Labute approximate surface area is 96.9 Å². The van der Waals surface area contributed by atoms with Gasteiger partial charge in [0.1, 0.15) is 6.04 Å². The lowest BCUT2D eigenvalue weighted by Gasteiger charge is -2.19. The molecule has 2 N–H and O–H groups in total. The van der Waals surface area contributed by atoms with Gasteiger partial charge in [0.25, 0.3) is 0 Å². The Hall–Kier alpha value is -1.26. The normalized spacial score (nSPS) is 12.4. The predicted octanol–water partition coefficient (Wildman–Crippen LogP) is 1.28. The lowest BCUT2D eigenvalue weighted by molar-refractivity contribution is -0.143. The van der Waals surface area contributed by atoms with Crippen molar-refractivity contribution in [3.63, 3.8) is 0 Å². The Morgan fingerprint density at radius 3 is 2.06 bits per heavy atom. The number of rotatable bonds is 5. The van der Waals surface area contributed by atoms with Gasteiger partial charge in [0.15, 0.2) is 0 Å². The smallest absolute Gasteiger partial charge is 0.328 e. The molecule has 0 saturated carbocycles. The van der Waals surface area contributed by atoms with Crippen LogP contribution in [0.5, 0.6) is 0 Å². The van der Waals surface area contributed by atoms with E-state index in [4.69, 9.17) is 0 Å². The van der Waals surface area contributed by atoms with E-state index in [1.807, 2.05) is 27.7 Å². The average Bonchev–Trinajstić information content (AvgIpc) is 2.13. The third-order valence-electron chi connectivity index (χ3n) is 1.92. The van der Waals surface area contributed by atoms with E-state index in [0.29, 0.717) is 12.3 Å². The molecule has 0 aliphatic rings. The van der Waals surface area contributed by atoms with Gasteiger partial charge in [-0.05, 0) is 26.2 Å². The standard InChI is InChI=1S/C11H22N2O3/c1-7(2)6-9(10(14)16-5)13-11(15)12-8(3)4/h7-9H,6H2,1-5H3,(H2,12,13,15)/t9-/m0/s1. The Morgan fingerprint density at radius 1 is 1.12 bits per heavy atom. The molecule has 0 fully saturated rings. The van der Waals surface area contributed by atoms with E-state index in [9.17, 15) is 9.59 Å². The lowest BCUT2D eigenvalue weighted by atomic mass is 10.0. The van der Waals surface area contributed by atoms with Gasteiger partial charge in [-0.3, -0.25) is 0 Å². The van der Waals surface area contributed by atoms with Crippen LogP contribution in [0.1, 0.15) is 34.1 Å². The van der Waals surface area contributed by atoms with E-state index in [1.54, 1.807) is 0 Å². The third-order valence-corrected chi connectivity index (χ3v) is 1.92. The third kappa shape index (κ3) is 6.27. The molecule has 0 unspecified atom stereocenters. The molecule has 5 nitrogen and oxygen atoms in total. The first-order valence-corrected chi connectivity index (χ1v) is 5.51. The molecule has 0 aromatic rings. The molecule has 0 rings (SSSR count). The number of esters is 1. The molecule has 0 heterocycles. The van der Waals surface area contributed by atoms with Gasteiger partial charge < -0.3 is 15.4 Å². The van der Waals surface area contributed by atoms with Crippen LogP contribution in [0, 0.1) is 5.92 Å². The van der Waals surface area contributed by atoms with Crippen molar-refractivity contribution in [2.45, 2.75) is 46.2 Å². The van der Waals surface area contributed by atoms with Gasteiger partial charge >= 0.3 is 12.0 Å². The Kier molecular flexibility index (Phi) is 6.53. The van der Waals surface area contributed by atoms with Crippen LogP contribution < -0.4 is 10.6 Å². The summed E-state index contributed by atoms with van der Waals surface area (Å²) in [6.07, 6.45) is 0.568. The number of amides is 2. The van der Waals surface area contributed by atoms with Gasteiger partial charge in [-0.2, -0.15) is 0 Å². The molecule has 94 valence electrons. The molecule has 0 saturated heterocycles. The monoisotopic (exact) mass is 230 g/mol. The summed E-state index contributed by atoms with van der Waals surface area (Å²) in [5.74, 6) is -0.101. The van der Waals surface area contributed by atoms with Crippen molar-refractivity contribution in [1.29, 1.82) is 0 Å². The second kappa shape index (κ2) is 7.09. The molecule has 0 aromatic heterocycles. The number of ether oxygens (including phenoxy) is 1. The molecule has 0 bridgehead atoms. The number of carbonyl (C=O) groups is 2. The van der Waals surface area contributed by atoms with Gasteiger partial charge in [0.2, 0.25) is 0 Å². The summed E-state index contributed by atoms with van der Waals surface area (Å²) >= 11 is 0. The Morgan fingerprint density at radius 2 is 1.69 bits per heavy atom. The minimum absolute atomic E-state index is 0.0392. The molecule has 1 atom stereocenters. The summed E-state index contributed by atoms with van der Waals surface area (Å²) < 4.78 is 4.64. The van der Waals surface area contributed by atoms with Crippen LogP contribution in [0.2, 0.25) is 0 Å². The molecule has 0 spiro atoms. The molecule has 2 amide bonds. The first kappa shape index (κ1) is 14.7. The molecule has 0 aromatic carbocycles. The fourth-order valence-corrected chi connectivity index (χ4v) is 1.29. The second-order valence-electron chi connectivity index (χ2n) is 4.48. The average molecular weight is 230 g/mol. The van der Waals surface area contributed by atoms with E-state index < -0.39 is 12.0 Å². The first-order chi connectivity index (χ1) is 7.36. The van der Waals surface area contributed by atoms with Gasteiger partial charge in [-0.1, -0.05) is 13.8 Å². The van der Waals surface area contributed by atoms with Gasteiger partial charge in [0, 0.05) is 6.04 Å². The highest BCUT2D eigenvalue weighted by Gasteiger charge is 2.22. The molecule has 0 aliphatic heterocycles. The summed E-state index contributed by atoms with van der Waals surface area (Å²) in [5, 5.41) is 5.27. The van der Waals surface area contributed by atoms with E-state index in [-0.39, 0.29) is 12.1 Å². The number of urea groups is 1. The van der Waals surface area contributed by atoms with E-state index in [0.717, 1.165) is 0 Å². The van der Waals surface area contributed by atoms with Gasteiger partial charge in [-0.25, -0.2) is 9.59 Å². The highest BCUT2D eigenvalue weighted by molar-refractivity contribution is 5.83. The van der Waals surface area contributed by atoms with Crippen molar-refractivity contribution < 1.29 is 14.3 Å². The maximum absolute atomic E-state index is 11.4. The first-order valence-electron chi connectivity index (χ1n) is 5.51.